The lowest BCUT2D eigenvalue weighted by molar-refractivity contribution is -0.121. The van der Waals surface area contributed by atoms with Gasteiger partial charge in [-0.3, -0.25) is 9.89 Å². The Hall–Kier alpha value is -2.17. The van der Waals surface area contributed by atoms with Crippen LogP contribution in [0, 0.1) is 6.92 Å². The Labute approximate surface area is 118 Å². The van der Waals surface area contributed by atoms with Crippen LogP contribution in [0.5, 0.6) is 0 Å². The van der Waals surface area contributed by atoms with E-state index < -0.39 is 0 Å². The molecule has 1 aromatic carbocycles. The van der Waals surface area contributed by atoms with Gasteiger partial charge in [0.1, 0.15) is 12.2 Å². The number of benzene rings is 1. The van der Waals surface area contributed by atoms with E-state index in [1.54, 1.807) is 0 Å². The average molecular weight is 272 g/mol. The van der Waals surface area contributed by atoms with Crippen molar-refractivity contribution in [1.29, 1.82) is 0 Å². The van der Waals surface area contributed by atoms with E-state index in [0.29, 0.717) is 13.0 Å². The Morgan fingerprint density at radius 1 is 1.30 bits per heavy atom. The van der Waals surface area contributed by atoms with Crippen molar-refractivity contribution in [1.82, 2.24) is 20.5 Å². The third kappa shape index (κ3) is 4.50. The van der Waals surface area contributed by atoms with Gasteiger partial charge in [0.15, 0.2) is 0 Å². The summed E-state index contributed by atoms with van der Waals surface area (Å²) >= 11 is 0. The summed E-state index contributed by atoms with van der Waals surface area (Å²) in [7, 11) is 0. The van der Waals surface area contributed by atoms with Crippen LogP contribution in [-0.2, 0) is 17.6 Å². The van der Waals surface area contributed by atoms with E-state index in [-0.39, 0.29) is 5.91 Å². The molecule has 0 aliphatic rings. The molecule has 0 atom stereocenters. The van der Waals surface area contributed by atoms with Crippen molar-refractivity contribution in [2.75, 3.05) is 6.54 Å². The first-order valence-electron chi connectivity index (χ1n) is 6.91. The molecular weight excluding hydrogens is 252 g/mol. The molecule has 0 unspecified atom stereocenters. The Morgan fingerprint density at radius 2 is 2.15 bits per heavy atom. The van der Waals surface area contributed by atoms with Crippen LogP contribution >= 0.6 is 0 Å². The standard InChI is InChI=1S/C15H20N4O/c1-12-5-2-3-6-13(12)8-9-15(20)16-10-4-7-14-17-11-18-19-14/h2-3,5-6,11H,4,7-10H2,1H3,(H,16,20)(H,17,18,19). The van der Waals surface area contributed by atoms with Gasteiger partial charge in [0.2, 0.25) is 5.91 Å². The molecule has 0 aliphatic carbocycles. The topological polar surface area (TPSA) is 70.7 Å². The Kier molecular flexibility index (Phi) is 5.29. The normalized spacial score (nSPS) is 10.4. The molecule has 0 aliphatic heterocycles. The molecule has 1 aromatic heterocycles. The third-order valence-electron chi connectivity index (χ3n) is 3.26. The molecule has 0 saturated heterocycles. The number of carbonyl (C=O) groups excluding carboxylic acids is 1. The first kappa shape index (κ1) is 14.2. The zero-order valence-electron chi connectivity index (χ0n) is 11.7. The lowest BCUT2D eigenvalue weighted by Crippen LogP contribution is -2.25. The molecule has 5 nitrogen and oxygen atoms in total. The summed E-state index contributed by atoms with van der Waals surface area (Å²) in [6.45, 7) is 2.75. The molecule has 0 radical (unpaired) electrons. The number of rotatable bonds is 7. The SMILES string of the molecule is Cc1ccccc1CCC(=O)NCCCc1ncn[nH]1. The number of H-pyrrole nitrogens is 1. The number of nitrogens with one attached hydrogen (secondary N) is 2. The minimum absolute atomic E-state index is 0.103. The molecule has 2 N–H and O–H groups in total. The molecule has 0 spiro atoms. The summed E-state index contributed by atoms with van der Waals surface area (Å²) in [5.41, 5.74) is 2.48. The molecule has 1 amide bonds. The fraction of sp³-hybridized carbons (Fsp3) is 0.400. The highest BCUT2D eigenvalue weighted by Crippen LogP contribution is 2.09. The maximum Gasteiger partial charge on any atom is 0.220 e. The van der Waals surface area contributed by atoms with Crippen molar-refractivity contribution in [3.63, 3.8) is 0 Å². The van der Waals surface area contributed by atoms with Gasteiger partial charge in [-0.25, -0.2) is 4.98 Å². The van der Waals surface area contributed by atoms with E-state index in [0.717, 1.165) is 25.1 Å². The van der Waals surface area contributed by atoms with Gasteiger partial charge in [-0.05, 0) is 30.9 Å². The van der Waals surface area contributed by atoms with Gasteiger partial charge < -0.3 is 5.32 Å². The largest absolute Gasteiger partial charge is 0.356 e. The van der Waals surface area contributed by atoms with E-state index in [4.69, 9.17) is 0 Å². The molecule has 2 rings (SSSR count). The lowest BCUT2D eigenvalue weighted by atomic mass is 10.0. The second kappa shape index (κ2) is 7.43. The van der Waals surface area contributed by atoms with Crippen LogP contribution in [-0.4, -0.2) is 27.6 Å². The highest BCUT2D eigenvalue weighted by Gasteiger charge is 2.03. The van der Waals surface area contributed by atoms with Crippen molar-refractivity contribution in [2.24, 2.45) is 0 Å². The van der Waals surface area contributed by atoms with Crippen LogP contribution in [0.15, 0.2) is 30.6 Å². The number of carbonyl (C=O) groups is 1. The van der Waals surface area contributed by atoms with E-state index in [1.165, 1.54) is 17.5 Å². The summed E-state index contributed by atoms with van der Waals surface area (Å²) in [6, 6.07) is 8.18. The predicted molar refractivity (Wildman–Crippen MR) is 77.2 cm³/mol. The number of hydrogen-bond acceptors (Lipinski definition) is 3. The molecule has 5 heteroatoms. The van der Waals surface area contributed by atoms with Crippen molar-refractivity contribution >= 4 is 5.91 Å². The van der Waals surface area contributed by atoms with Crippen molar-refractivity contribution in [3.8, 4) is 0 Å². The number of aromatic nitrogens is 3. The molecule has 1 heterocycles. The summed E-state index contributed by atoms with van der Waals surface area (Å²) in [5, 5.41) is 9.52. The second-order valence-electron chi connectivity index (χ2n) is 4.81. The average Bonchev–Trinajstić information content (AvgIpc) is 2.96. The quantitative estimate of drug-likeness (QED) is 0.755. The predicted octanol–water partition coefficient (Wildman–Crippen LogP) is 1.79. The first-order chi connectivity index (χ1) is 9.75. The van der Waals surface area contributed by atoms with Crippen LogP contribution in [0.2, 0.25) is 0 Å². The molecule has 2 aromatic rings. The molecule has 106 valence electrons. The fourth-order valence-corrected chi connectivity index (χ4v) is 2.06. The minimum atomic E-state index is 0.103. The Morgan fingerprint density at radius 3 is 2.90 bits per heavy atom. The number of aromatic amines is 1. The van der Waals surface area contributed by atoms with Gasteiger partial charge in [0.05, 0.1) is 0 Å². The highest BCUT2D eigenvalue weighted by molar-refractivity contribution is 5.76. The number of hydrogen-bond donors (Lipinski definition) is 2. The van der Waals surface area contributed by atoms with E-state index in [2.05, 4.69) is 39.6 Å². The van der Waals surface area contributed by atoms with Crippen LogP contribution in [0.25, 0.3) is 0 Å². The summed E-state index contributed by atoms with van der Waals surface area (Å²) in [4.78, 5) is 15.8. The minimum Gasteiger partial charge on any atom is -0.356 e. The smallest absolute Gasteiger partial charge is 0.220 e. The van der Waals surface area contributed by atoms with Crippen LogP contribution < -0.4 is 5.32 Å². The first-order valence-corrected chi connectivity index (χ1v) is 6.91. The highest BCUT2D eigenvalue weighted by atomic mass is 16.1. The Bertz CT molecular complexity index is 537. The molecule has 20 heavy (non-hydrogen) atoms. The summed E-state index contributed by atoms with van der Waals surface area (Å²) in [6.07, 6.45) is 4.49. The molecule has 0 saturated carbocycles. The monoisotopic (exact) mass is 272 g/mol. The molecule has 0 bridgehead atoms. The lowest BCUT2D eigenvalue weighted by Gasteiger charge is -2.06. The van der Waals surface area contributed by atoms with Gasteiger partial charge in [0.25, 0.3) is 0 Å². The summed E-state index contributed by atoms with van der Waals surface area (Å²) < 4.78 is 0. The molecule has 0 fully saturated rings. The van der Waals surface area contributed by atoms with E-state index >= 15 is 0 Å². The third-order valence-corrected chi connectivity index (χ3v) is 3.26. The van der Waals surface area contributed by atoms with E-state index in [1.807, 2.05) is 12.1 Å². The van der Waals surface area contributed by atoms with E-state index in [9.17, 15) is 4.79 Å². The van der Waals surface area contributed by atoms with Gasteiger partial charge >= 0.3 is 0 Å². The van der Waals surface area contributed by atoms with Gasteiger partial charge in [0, 0.05) is 19.4 Å². The number of amides is 1. The zero-order valence-corrected chi connectivity index (χ0v) is 11.7. The maximum atomic E-state index is 11.7. The van der Waals surface area contributed by atoms with Crippen LogP contribution in [0.4, 0.5) is 0 Å². The maximum absolute atomic E-state index is 11.7. The molecular formula is C15H20N4O. The van der Waals surface area contributed by atoms with Crippen LogP contribution in [0.3, 0.4) is 0 Å². The Balaban J connectivity index is 1.62. The van der Waals surface area contributed by atoms with Crippen molar-refractivity contribution in [2.45, 2.75) is 32.6 Å². The van der Waals surface area contributed by atoms with Crippen molar-refractivity contribution in [3.05, 3.63) is 47.5 Å². The number of nitrogens with zero attached hydrogens (tertiary/aromatic N) is 2. The van der Waals surface area contributed by atoms with Gasteiger partial charge in [-0.1, -0.05) is 24.3 Å². The summed E-state index contributed by atoms with van der Waals surface area (Å²) in [5.74, 6) is 0.963. The van der Waals surface area contributed by atoms with Crippen LogP contribution in [0.1, 0.15) is 29.8 Å². The van der Waals surface area contributed by atoms with Gasteiger partial charge in [-0.15, -0.1) is 0 Å². The zero-order chi connectivity index (χ0) is 14.2. The number of aryl methyl sites for hydroxylation is 3. The van der Waals surface area contributed by atoms with Crippen molar-refractivity contribution < 1.29 is 4.79 Å². The van der Waals surface area contributed by atoms with Gasteiger partial charge in [-0.2, -0.15) is 5.10 Å². The second-order valence-corrected chi connectivity index (χ2v) is 4.81. The fourth-order valence-electron chi connectivity index (χ4n) is 2.06.